The number of nitrogens with two attached hydrogens (primary N) is 1. The monoisotopic (exact) mass is 308 g/mol. The van der Waals surface area contributed by atoms with E-state index in [0.717, 1.165) is 17.4 Å². The van der Waals surface area contributed by atoms with Gasteiger partial charge in [-0.1, -0.05) is 19.4 Å². The molecule has 3 rings (SSSR count). The first-order chi connectivity index (χ1) is 9.99. The Bertz CT molecular complexity index is 627. The van der Waals surface area contributed by atoms with E-state index in [0.29, 0.717) is 29.5 Å². The zero-order valence-electron chi connectivity index (χ0n) is 12.5. The van der Waals surface area contributed by atoms with Gasteiger partial charge in [-0.2, -0.15) is 0 Å². The maximum absolute atomic E-state index is 12.6. The maximum Gasteiger partial charge on any atom is 0.240 e. The zero-order valence-corrected chi connectivity index (χ0v) is 13.3. The lowest BCUT2D eigenvalue weighted by molar-refractivity contribution is 0.333. The largest absolute Gasteiger partial charge is 0.399 e. The van der Waals surface area contributed by atoms with Crippen LogP contribution in [-0.4, -0.2) is 15.0 Å². The molecule has 3 unspecified atom stereocenters. The molecule has 1 aromatic rings. The summed E-state index contributed by atoms with van der Waals surface area (Å²) >= 11 is 0. The van der Waals surface area contributed by atoms with E-state index in [-0.39, 0.29) is 0 Å². The number of hydrogen-bond donors (Lipinski definition) is 2. The molecular weight excluding hydrogens is 284 g/mol. The molecule has 3 N–H and O–H groups in total. The third-order valence-corrected chi connectivity index (χ3v) is 6.69. The molecule has 0 amide bonds. The summed E-state index contributed by atoms with van der Waals surface area (Å²) in [7, 11) is -3.46. The van der Waals surface area contributed by atoms with Crippen LogP contribution in [0, 0.1) is 17.8 Å². The number of hydrogen-bond acceptors (Lipinski definition) is 3. The summed E-state index contributed by atoms with van der Waals surface area (Å²) in [4.78, 5) is 0.341. The molecule has 116 valence electrons. The van der Waals surface area contributed by atoms with Crippen molar-refractivity contribution >= 4 is 15.7 Å². The van der Waals surface area contributed by atoms with Crippen LogP contribution in [0.2, 0.25) is 0 Å². The minimum Gasteiger partial charge on any atom is -0.399 e. The van der Waals surface area contributed by atoms with E-state index in [2.05, 4.69) is 4.72 Å². The molecule has 4 nitrogen and oxygen atoms in total. The first-order valence-electron chi connectivity index (χ1n) is 7.87. The SMILES string of the molecule is CCc1ccc(N)cc1S(=O)(=O)NCC1CC2CCC1C2. The number of nitrogen functional groups attached to an aromatic ring is 1. The maximum atomic E-state index is 12.6. The van der Waals surface area contributed by atoms with E-state index in [4.69, 9.17) is 5.73 Å². The smallest absolute Gasteiger partial charge is 0.240 e. The number of sulfonamides is 1. The van der Waals surface area contributed by atoms with Gasteiger partial charge in [0.1, 0.15) is 0 Å². The summed E-state index contributed by atoms with van der Waals surface area (Å²) in [6.07, 6.45) is 5.78. The van der Waals surface area contributed by atoms with E-state index < -0.39 is 10.0 Å². The van der Waals surface area contributed by atoms with Crippen LogP contribution in [0.4, 0.5) is 5.69 Å². The van der Waals surface area contributed by atoms with Gasteiger partial charge in [0.25, 0.3) is 0 Å². The van der Waals surface area contributed by atoms with Crippen molar-refractivity contribution in [3.8, 4) is 0 Å². The summed E-state index contributed by atoms with van der Waals surface area (Å²) in [6, 6.07) is 5.14. The van der Waals surface area contributed by atoms with Crippen molar-refractivity contribution in [2.24, 2.45) is 17.8 Å². The second-order valence-corrected chi connectivity index (χ2v) is 8.24. The Morgan fingerprint density at radius 3 is 2.71 bits per heavy atom. The van der Waals surface area contributed by atoms with Gasteiger partial charge in [-0.3, -0.25) is 0 Å². The van der Waals surface area contributed by atoms with E-state index in [1.165, 1.54) is 25.7 Å². The van der Waals surface area contributed by atoms with Gasteiger partial charge >= 0.3 is 0 Å². The van der Waals surface area contributed by atoms with E-state index >= 15 is 0 Å². The minimum atomic E-state index is -3.46. The Hall–Kier alpha value is -1.07. The molecule has 2 aliphatic carbocycles. The van der Waals surface area contributed by atoms with Crippen molar-refractivity contribution in [2.75, 3.05) is 12.3 Å². The minimum absolute atomic E-state index is 0.341. The number of fused-ring (bicyclic) bond motifs is 2. The van der Waals surface area contributed by atoms with Gasteiger partial charge in [-0.15, -0.1) is 0 Å². The van der Waals surface area contributed by atoms with Crippen LogP contribution in [0.15, 0.2) is 23.1 Å². The molecule has 1 aromatic carbocycles. The summed E-state index contributed by atoms with van der Waals surface area (Å²) < 4.78 is 27.9. The van der Waals surface area contributed by atoms with Crippen molar-refractivity contribution < 1.29 is 8.42 Å². The average molecular weight is 308 g/mol. The van der Waals surface area contributed by atoms with Gasteiger partial charge in [0, 0.05) is 12.2 Å². The molecule has 2 fully saturated rings. The fourth-order valence-corrected chi connectivity index (χ4v) is 5.47. The molecule has 2 saturated carbocycles. The van der Waals surface area contributed by atoms with E-state index in [1.807, 2.05) is 6.92 Å². The summed E-state index contributed by atoms with van der Waals surface area (Å²) in [6.45, 7) is 2.53. The first kappa shape index (κ1) is 14.9. The van der Waals surface area contributed by atoms with Gasteiger partial charge < -0.3 is 5.73 Å². The van der Waals surface area contributed by atoms with Crippen molar-refractivity contribution in [1.82, 2.24) is 4.72 Å². The second-order valence-electron chi connectivity index (χ2n) is 6.51. The lowest BCUT2D eigenvalue weighted by atomic mass is 9.89. The standard InChI is InChI=1S/C16H24N2O2S/c1-2-12-5-6-15(17)9-16(12)21(19,20)18-10-14-8-11-3-4-13(14)7-11/h5-6,9,11,13-14,18H,2-4,7-8,10,17H2,1H3. The van der Waals surface area contributed by atoms with Crippen LogP contribution < -0.4 is 10.5 Å². The molecule has 5 heteroatoms. The van der Waals surface area contributed by atoms with Crippen LogP contribution >= 0.6 is 0 Å². The first-order valence-corrected chi connectivity index (χ1v) is 9.36. The molecular formula is C16H24N2O2S. The quantitative estimate of drug-likeness (QED) is 0.821. The average Bonchev–Trinajstić information content (AvgIpc) is 3.08. The third kappa shape index (κ3) is 2.94. The number of nitrogens with one attached hydrogen (secondary N) is 1. The highest BCUT2D eigenvalue weighted by Gasteiger charge is 2.39. The van der Waals surface area contributed by atoms with E-state index in [9.17, 15) is 8.42 Å². The topological polar surface area (TPSA) is 72.2 Å². The van der Waals surface area contributed by atoms with E-state index in [1.54, 1.807) is 18.2 Å². The molecule has 0 aliphatic heterocycles. The highest BCUT2D eigenvalue weighted by Crippen LogP contribution is 2.48. The predicted molar refractivity (Wildman–Crippen MR) is 84.4 cm³/mol. The number of rotatable bonds is 5. The van der Waals surface area contributed by atoms with Crippen molar-refractivity contribution in [2.45, 2.75) is 43.9 Å². The Balaban J connectivity index is 1.73. The Kier molecular flexibility index (Phi) is 3.97. The molecule has 0 heterocycles. The van der Waals surface area contributed by atoms with Crippen molar-refractivity contribution in [3.05, 3.63) is 23.8 Å². The van der Waals surface area contributed by atoms with Gasteiger partial charge in [-0.05, 0) is 61.1 Å². The normalized spacial score (nSPS) is 28.1. The van der Waals surface area contributed by atoms with Gasteiger partial charge in [-0.25, -0.2) is 13.1 Å². The predicted octanol–water partition coefficient (Wildman–Crippen LogP) is 2.55. The summed E-state index contributed by atoms with van der Waals surface area (Å²) in [5.41, 5.74) is 7.07. The third-order valence-electron chi connectivity index (χ3n) is 5.18. The van der Waals surface area contributed by atoms with Crippen molar-refractivity contribution in [1.29, 1.82) is 0 Å². The molecule has 0 aromatic heterocycles. The van der Waals surface area contributed by atoms with Crippen LogP contribution in [0.1, 0.15) is 38.2 Å². The summed E-state index contributed by atoms with van der Waals surface area (Å²) in [5, 5.41) is 0. The second kappa shape index (κ2) is 5.61. The molecule has 2 aliphatic rings. The van der Waals surface area contributed by atoms with Crippen LogP contribution in [-0.2, 0) is 16.4 Å². The Labute approximate surface area is 127 Å². The molecule has 0 spiro atoms. The molecule has 21 heavy (non-hydrogen) atoms. The Morgan fingerprint density at radius 2 is 2.10 bits per heavy atom. The number of anilines is 1. The van der Waals surface area contributed by atoms with Crippen LogP contribution in [0.3, 0.4) is 0 Å². The number of benzene rings is 1. The van der Waals surface area contributed by atoms with Crippen molar-refractivity contribution in [3.63, 3.8) is 0 Å². The fraction of sp³-hybridized carbons (Fsp3) is 0.625. The molecule has 0 radical (unpaired) electrons. The highest BCUT2D eigenvalue weighted by molar-refractivity contribution is 7.89. The molecule has 0 saturated heterocycles. The summed E-state index contributed by atoms with van der Waals surface area (Å²) in [5.74, 6) is 2.08. The van der Waals surface area contributed by atoms with Gasteiger partial charge in [0.2, 0.25) is 10.0 Å². The lowest BCUT2D eigenvalue weighted by Crippen LogP contribution is -2.32. The lowest BCUT2D eigenvalue weighted by Gasteiger charge is -2.22. The van der Waals surface area contributed by atoms with Gasteiger partial charge in [0.05, 0.1) is 4.90 Å². The highest BCUT2D eigenvalue weighted by atomic mass is 32.2. The zero-order chi connectivity index (χ0) is 15.0. The van der Waals surface area contributed by atoms with Gasteiger partial charge in [0.15, 0.2) is 0 Å². The van der Waals surface area contributed by atoms with Crippen LogP contribution in [0.25, 0.3) is 0 Å². The fourth-order valence-electron chi connectivity index (χ4n) is 4.03. The van der Waals surface area contributed by atoms with Crippen LogP contribution in [0.5, 0.6) is 0 Å². The molecule has 2 bridgehead atoms. The molecule has 3 atom stereocenters. The number of aryl methyl sites for hydroxylation is 1. The Morgan fingerprint density at radius 1 is 1.29 bits per heavy atom.